The molecule has 0 fully saturated rings. The summed E-state index contributed by atoms with van der Waals surface area (Å²) in [5.74, 6) is -0.778. The van der Waals surface area contributed by atoms with Crippen molar-refractivity contribution in [3.05, 3.63) is 43.5 Å². The minimum atomic E-state index is -0.417. The number of hydrogen-bond donors (Lipinski definition) is 1. The molecule has 4 rings (SSSR count). The summed E-state index contributed by atoms with van der Waals surface area (Å²) < 4.78 is 8.87. The van der Waals surface area contributed by atoms with Gasteiger partial charge in [-0.3, -0.25) is 9.59 Å². The average molecular weight is 583 g/mol. The molecule has 0 aliphatic heterocycles. The first-order valence-corrected chi connectivity index (χ1v) is 14.4. The maximum Gasteiger partial charge on any atom is 0.341 e. The third-order valence-electron chi connectivity index (χ3n) is 5.51. The van der Waals surface area contributed by atoms with Crippen LogP contribution in [0.15, 0.2) is 27.7 Å². The zero-order chi connectivity index (χ0) is 24.2. The van der Waals surface area contributed by atoms with Crippen LogP contribution in [0.2, 0.25) is 0 Å². The number of nitrogens with zero attached hydrogens (tertiary/aromatic N) is 2. The van der Waals surface area contributed by atoms with Gasteiger partial charge in [0.25, 0.3) is 5.91 Å². The normalized spacial score (nSPS) is 14.0. The quantitative estimate of drug-likeness (QED) is 0.329. The van der Waals surface area contributed by atoms with Crippen LogP contribution < -0.4 is 10.1 Å². The number of aryl methyl sites for hydroxylation is 2. The van der Waals surface area contributed by atoms with E-state index in [4.69, 9.17) is 4.74 Å². The number of hydrogen-bond acceptors (Lipinski definition) is 7. The van der Waals surface area contributed by atoms with Crippen LogP contribution in [-0.2, 0) is 34.2 Å². The summed E-state index contributed by atoms with van der Waals surface area (Å²) in [7, 11) is 3.23. The Labute approximate surface area is 217 Å². The molecule has 0 radical (unpaired) electrons. The lowest BCUT2D eigenvalue weighted by Gasteiger charge is -2.07. The minimum absolute atomic E-state index is 0.0932. The van der Waals surface area contributed by atoms with Crippen LogP contribution >= 0.6 is 50.4 Å². The van der Waals surface area contributed by atoms with Crippen molar-refractivity contribution in [3.8, 4) is 0 Å². The number of fused-ring (bicyclic) bond motifs is 2. The predicted octanol–water partition coefficient (Wildman–Crippen LogP) is 4.92. The second-order valence-electron chi connectivity index (χ2n) is 7.86. The third kappa shape index (κ3) is 5.64. The molecule has 1 aliphatic carbocycles. The number of halogens is 1. The molecule has 180 valence electrons. The Morgan fingerprint density at radius 2 is 1.97 bits per heavy atom. The van der Waals surface area contributed by atoms with Crippen LogP contribution in [0.3, 0.4) is 0 Å². The summed E-state index contributed by atoms with van der Waals surface area (Å²) in [5.41, 5.74) is 2.50. The maximum atomic E-state index is 12.6. The second kappa shape index (κ2) is 11.2. The molecule has 3 aromatic rings. The summed E-state index contributed by atoms with van der Waals surface area (Å²) in [6, 6.07) is 5.92. The molecule has 11 heteroatoms. The van der Waals surface area contributed by atoms with Gasteiger partial charge in [0.15, 0.2) is 4.80 Å². The summed E-state index contributed by atoms with van der Waals surface area (Å²) in [6.45, 7) is 0. The van der Waals surface area contributed by atoms with Gasteiger partial charge >= 0.3 is 5.97 Å². The predicted molar refractivity (Wildman–Crippen MR) is 142 cm³/mol. The highest BCUT2D eigenvalue weighted by Gasteiger charge is 2.26. The van der Waals surface area contributed by atoms with E-state index in [0.29, 0.717) is 15.4 Å². The highest BCUT2D eigenvalue weighted by molar-refractivity contribution is 9.10. The number of thioether (sulfide) groups is 1. The first-order chi connectivity index (χ1) is 16.4. The molecule has 0 bridgehead atoms. The van der Waals surface area contributed by atoms with Gasteiger partial charge in [0.2, 0.25) is 5.91 Å². The molecule has 0 atom stereocenters. The molecule has 1 aromatic carbocycles. The first-order valence-electron chi connectivity index (χ1n) is 10.8. The van der Waals surface area contributed by atoms with Crippen LogP contribution in [0.25, 0.3) is 10.2 Å². The minimum Gasteiger partial charge on any atom is -0.465 e. The molecule has 7 nitrogen and oxygen atoms in total. The molecule has 2 aromatic heterocycles. The van der Waals surface area contributed by atoms with Gasteiger partial charge in [-0.05, 0) is 49.4 Å². The highest BCUT2D eigenvalue weighted by Crippen LogP contribution is 2.38. The number of nitrogens with one attached hydrogen (secondary N) is 1. The van der Waals surface area contributed by atoms with Crippen molar-refractivity contribution in [3.63, 3.8) is 0 Å². The molecule has 0 saturated heterocycles. The summed E-state index contributed by atoms with van der Waals surface area (Å²) in [5, 5.41) is 3.41. The van der Waals surface area contributed by atoms with Gasteiger partial charge < -0.3 is 14.6 Å². The van der Waals surface area contributed by atoms with E-state index in [0.717, 1.165) is 57.2 Å². The van der Waals surface area contributed by atoms with Gasteiger partial charge in [-0.2, -0.15) is 4.99 Å². The average Bonchev–Trinajstić information content (AvgIpc) is 3.18. The maximum absolute atomic E-state index is 12.6. The highest BCUT2D eigenvalue weighted by atomic mass is 79.9. The molecule has 2 amide bonds. The molecule has 2 heterocycles. The number of methoxy groups -OCH3 is 1. The van der Waals surface area contributed by atoms with Crippen molar-refractivity contribution in [1.82, 2.24) is 4.57 Å². The van der Waals surface area contributed by atoms with E-state index in [-0.39, 0.29) is 23.3 Å². The van der Waals surface area contributed by atoms with Crippen LogP contribution in [0, 0.1) is 0 Å². The van der Waals surface area contributed by atoms with E-state index in [1.54, 1.807) is 0 Å². The number of esters is 1. The van der Waals surface area contributed by atoms with Gasteiger partial charge in [0, 0.05) is 16.4 Å². The van der Waals surface area contributed by atoms with E-state index in [1.165, 1.54) is 41.5 Å². The summed E-state index contributed by atoms with van der Waals surface area (Å²) in [4.78, 5) is 43.4. The van der Waals surface area contributed by atoms with Crippen molar-refractivity contribution < 1.29 is 19.1 Å². The summed E-state index contributed by atoms with van der Waals surface area (Å²) in [6.07, 6.45) is 4.98. The van der Waals surface area contributed by atoms with E-state index < -0.39 is 5.97 Å². The molecule has 1 N–H and O–H groups in total. The largest absolute Gasteiger partial charge is 0.465 e. The second-order valence-corrected chi connectivity index (χ2v) is 11.9. The van der Waals surface area contributed by atoms with Crippen molar-refractivity contribution in [2.45, 2.75) is 32.1 Å². The number of ether oxygens (including phenoxy) is 1. The third-order valence-corrected chi connectivity index (χ3v) is 9.23. The Hall–Kier alpha value is -1.95. The lowest BCUT2D eigenvalue weighted by molar-refractivity contribution is -0.115. The van der Waals surface area contributed by atoms with E-state index in [9.17, 15) is 14.4 Å². The Bertz CT molecular complexity index is 1320. The summed E-state index contributed by atoms with van der Waals surface area (Å²) >= 11 is 7.57. The number of aromatic nitrogens is 1. The van der Waals surface area contributed by atoms with E-state index >= 15 is 0 Å². The van der Waals surface area contributed by atoms with Gasteiger partial charge in [0.05, 0.1) is 34.4 Å². The Morgan fingerprint density at radius 3 is 2.76 bits per heavy atom. The topological polar surface area (TPSA) is 89.8 Å². The Morgan fingerprint density at radius 1 is 1.18 bits per heavy atom. The zero-order valence-corrected chi connectivity index (χ0v) is 22.8. The fourth-order valence-corrected chi connectivity index (χ4v) is 7.38. The van der Waals surface area contributed by atoms with Crippen LogP contribution in [0.1, 0.15) is 40.1 Å². The standard InChI is InChI=1S/C23H24BrN3O4S3/c1-27-15-9-8-13(24)10-17(15)34-23(27)26-19(29)12-32-11-18(28)25-21-20(22(30)31-2)14-6-4-3-5-7-16(14)33-21/h8-10H,3-7,11-12H2,1-2H3,(H,25,28). The fraction of sp³-hybridized carbons (Fsp3) is 0.391. The number of carbonyl (C=O) groups is 3. The van der Waals surface area contributed by atoms with Crippen molar-refractivity contribution in [2.24, 2.45) is 12.0 Å². The van der Waals surface area contributed by atoms with E-state index in [1.807, 2.05) is 29.8 Å². The zero-order valence-electron chi connectivity index (χ0n) is 18.8. The molecule has 0 spiro atoms. The number of thiophene rings is 1. The number of benzene rings is 1. The van der Waals surface area contributed by atoms with Gasteiger partial charge in [0.1, 0.15) is 5.00 Å². The first kappa shape index (κ1) is 25.2. The molecule has 0 unspecified atom stereocenters. The van der Waals surface area contributed by atoms with Gasteiger partial charge in [-0.15, -0.1) is 23.1 Å². The molecular weight excluding hydrogens is 558 g/mol. The van der Waals surface area contributed by atoms with Crippen LogP contribution in [-0.4, -0.2) is 41.0 Å². The number of thiazole rings is 1. The van der Waals surface area contributed by atoms with Crippen LogP contribution in [0.4, 0.5) is 5.00 Å². The number of rotatable bonds is 6. The smallest absolute Gasteiger partial charge is 0.341 e. The Balaban J connectivity index is 1.39. The van der Waals surface area contributed by atoms with E-state index in [2.05, 4.69) is 26.2 Å². The van der Waals surface area contributed by atoms with Gasteiger partial charge in [-0.1, -0.05) is 33.7 Å². The van der Waals surface area contributed by atoms with Gasteiger partial charge in [-0.25, -0.2) is 4.79 Å². The molecule has 34 heavy (non-hydrogen) atoms. The number of anilines is 1. The van der Waals surface area contributed by atoms with Crippen molar-refractivity contribution in [2.75, 3.05) is 23.9 Å². The van der Waals surface area contributed by atoms with Crippen LogP contribution in [0.5, 0.6) is 0 Å². The fourth-order valence-electron chi connectivity index (χ4n) is 3.90. The number of amides is 2. The monoisotopic (exact) mass is 581 g/mol. The lowest BCUT2D eigenvalue weighted by Crippen LogP contribution is -2.18. The molecular formula is C23H24BrN3O4S3. The molecule has 1 aliphatic rings. The van der Waals surface area contributed by atoms with Crippen molar-refractivity contribution >= 4 is 83.4 Å². The SMILES string of the molecule is COC(=O)c1c(NC(=O)CSCC(=O)N=c2sc3cc(Br)ccc3n2C)sc2c1CCCCC2. The molecule has 0 saturated carbocycles. The Kier molecular flexibility index (Phi) is 8.28. The van der Waals surface area contributed by atoms with Crippen molar-refractivity contribution in [1.29, 1.82) is 0 Å². The number of carbonyl (C=O) groups excluding carboxylic acids is 3. The lowest BCUT2D eigenvalue weighted by atomic mass is 10.1.